The Kier molecular flexibility index (Phi) is 18.5. The number of esters is 1. The van der Waals surface area contributed by atoms with Crippen molar-refractivity contribution in [3.63, 3.8) is 0 Å². The Bertz CT molecular complexity index is 436. The van der Waals surface area contributed by atoms with Crippen LogP contribution in [0.25, 0.3) is 0 Å². The van der Waals surface area contributed by atoms with Crippen molar-refractivity contribution >= 4 is 11.9 Å². The molecule has 0 spiro atoms. The Morgan fingerprint density at radius 3 is 2.00 bits per heavy atom. The standard InChI is InChI=1S/C23H40O4.Na/c1-2-3-4-5-6-7-8-9-10-11-12-13-16-19-27-23(26)21-18-15-14-17-20(21)22(24)25;/h7-8,20-21H,2-6,9-19H2,1H3,(H,24,25);/q;+1/p-1/b8-7+;. The SMILES string of the molecule is CCCCCC/C=C/CCCCCCCOC(=O)C1CCCCC1C(=O)[O-].[Na+]. The Hall–Kier alpha value is -0.320. The van der Waals surface area contributed by atoms with Crippen molar-refractivity contribution in [2.75, 3.05) is 6.61 Å². The number of carboxylic acids is 1. The van der Waals surface area contributed by atoms with Crippen LogP contribution in [-0.2, 0) is 14.3 Å². The van der Waals surface area contributed by atoms with Crippen molar-refractivity contribution in [3.05, 3.63) is 12.2 Å². The Labute approximate surface area is 194 Å². The molecule has 0 bridgehead atoms. The molecule has 2 atom stereocenters. The van der Waals surface area contributed by atoms with Gasteiger partial charge in [-0.15, -0.1) is 0 Å². The Morgan fingerprint density at radius 1 is 0.857 bits per heavy atom. The molecule has 2 unspecified atom stereocenters. The monoisotopic (exact) mass is 402 g/mol. The average molecular weight is 403 g/mol. The van der Waals surface area contributed by atoms with Crippen molar-refractivity contribution in [2.45, 2.75) is 103 Å². The predicted octanol–water partition coefficient (Wildman–Crippen LogP) is 1.96. The normalized spacial score (nSPS) is 19.3. The van der Waals surface area contributed by atoms with Crippen LogP contribution < -0.4 is 34.7 Å². The van der Waals surface area contributed by atoms with Crippen LogP contribution >= 0.6 is 0 Å². The fraction of sp³-hybridized carbons (Fsp3) is 0.826. The van der Waals surface area contributed by atoms with E-state index in [1.807, 2.05) is 0 Å². The molecule has 0 aromatic carbocycles. The molecule has 28 heavy (non-hydrogen) atoms. The van der Waals surface area contributed by atoms with Gasteiger partial charge in [-0.25, -0.2) is 0 Å². The molecule has 0 N–H and O–H groups in total. The number of aliphatic carboxylic acids is 1. The van der Waals surface area contributed by atoms with Crippen LogP contribution in [0.2, 0.25) is 0 Å². The molecule has 4 nitrogen and oxygen atoms in total. The fourth-order valence-corrected chi connectivity index (χ4v) is 3.79. The van der Waals surface area contributed by atoms with Crippen molar-refractivity contribution < 1.29 is 49.0 Å². The molecular formula is C23H39NaO4. The van der Waals surface area contributed by atoms with Crippen molar-refractivity contribution in [1.29, 1.82) is 0 Å². The van der Waals surface area contributed by atoms with Gasteiger partial charge in [0, 0.05) is 11.9 Å². The summed E-state index contributed by atoms with van der Waals surface area (Å²) < 4.78 is 5.32. The first-order chi connectivity index (χ1) is 13.2. The maximum atomic E-state index is 12.1. The molecule has 0 aromatic heterocycles. The number of hydrogen-bond donors (Lipinski definition) is 0. The molecule has 1 fully saturated rings. The molecular weight excluding hydrogens is 363 g/mol. The summed E-state index contributed by atoms with van der Waals surface area (Å²) in [7, 11) is 0. The largest absolute Gasteiger partial charge is 1.00 e. The van der Waals surface area contributed by atoms with Gasteiger partial charge in [0.25, 0.3) is 0 Å². The third-order valence-electron chi connectivity index (χ3n) is 5.52. The van der Waals surface area contributed by atoms with Crippen LogP contribution in [0, 0.1) is 11.8 Å². The summed E-state index contributed by atoms with van der Waals surface area (Å²) in [5, 5.41) is 11.1. The summed E-state index contributed by atoms with van der Waals surface area (Å²) in [6, 6.07) is 0. The van der Waals surface area contributed by atoms with Gasteiger partial charge in [-0.3, -0.25) is 4.79 Å². The third-order valence-corrected chi connectivity index (χ3v) is 5.52. The van der Waals surface area contributed by atoms with Gasteiger partial charge in [0.15, 0.2) is 0 Å². The number of carbonyl (C=O) groups is 2. The summed E-state index contributed by atoms with van der Waals surface area (Å²) >= 11 is 0. The summed E-state index contributed by atoms with van der Waals surface area (Å²) in [5.41, 5.74) is 0. The van der Waals surface area contributed by atoms with Crippen molar-refractivity contribution in [3.8, 4) is 0 Å². The molecule has 156 valence electrons. The van der Waals surface area contributed by atoms with Crippen LogP contribution in [0.3, 0.4) is 0 Å². The average Bonchev–Trinajstić information content (AvgIpc) is 2.68. The van der Waals surface area contributed by atoms with E-state index in [2.05, 4.69) is 19.1 Å². The second-order valence-electron chi connectivity index (χ2n) is 7.86. The maximum absolute atomic E-state index is 12.1. The third kappa shape index (κ3) is 13.0. The van der Waals surface area contributed by atoms with E-state index in [0.29, 0.717) is 19.4 Å². The minimum absolute atomic E-state index is 0. The predicted molar refractivity (Wildman–Crippen MR) is 107 cm³/mol. The van der Waals surface area contributed by atoms with Crippen molar-refractivity contribution in [2.24, 2.45) is 11.8 Å². The van der Waals surface area contributed by atoms with Gasteiger partial charge in [0.2, 0.25) is 0 Å². The zero-order chi connectivity index (χ0) is 19.7. The summed E-state index contributed by atoms with van der Waals surface area (Å²) in [4.78, 5) is 23.3. The fourth-order valence-electron chi connectivity index (χ4n) is 3.79. The smallest absolute Gasteiger partial charge is 0.550 e. The minimum Gasteiger partial charge on any atom is -0.550 e. The maximum Gasteiger partial charge on any atom is 1.00 e. The second kappa shape index (κ2) is 18.7. The number of carbonyl (C=O) groups excluding carboxylic acids is 2. The zero-order valence-electron chi connectivity index (χ0n) is 18.3. The Balaban J connectivity index is 0.00000729. The van der Waals surface area contributed by atoms with E-state index in [0.717, 1.165) is 38.5 Å². The summed E-state index contributed by atoms with van der Waals surface area (Å²) in [5.74, 6) is -2.61. The summed E-state index contributed by atoms with van der Waals surface area (Å²) in [6.07, 6.45) is 20.7. The molecule has 0 aromatic rings. The van der Waals surface area contributed by atoms with E-state index in [9.17, 15) is 14.7 Å². The van der Waals surface area contributed by atoms with Crippen LogP contribution in [0.5, 0.6) is 0 Å². The van der Waals surface area contributed by atoms with Gasteiger partial charge in [0.05, 0.1) is 12.5 Å². The number of unbranched alkanes of at least 4 members (excludes halogenated alkanes) is 9. The van der Waals surface area contributed by atoms with Gasteiger partial charge < -0.3 is 14.6 Å². The minimum atomic E-state index is -1.10. The van der Waals surface area contributed by atoms with Crippen molar-refractivity contribution in [1.82, 2.24) is 0 Å². The zero-order valence-corrected chi connectivity index (χ0v) is 20.3. The molecule has 0 saturated heterocycles. The molecule has 1 saturated carbocycles. The summed E-state index contributed by atoms with van der Waals surface area (Å²) in [6.45, 7) is 2.65. The first kappa shape index (κ1) is 27.7. The van der Waals surface area contributed by atoms with E-state index < -0.39 is 17.8 Å². The number of allylic oxidation sites excluding steroid dienone is 2. The molecule has 5 heteroatoms. The molecule has 0 aliphatic heterocycles. The van der Waals surface area contributed by atoms with Crippen LogP contribution in [0.15, 0.2) is 12.2 Å². The molecule has 1 aliphatic rings. The first-order valence-electron chi connectivity index (χ1n) is 11.2. The molecule has 0 heterocycles. The van der Waals surface area contributed by atoms with Gasteiger partial charge in [-0.1, -0.05) is 70.4 Å². The molecule has 0 radical (unpaired) electrons. The van der Waals surface area contributed by atoms with E-state index in [-0.39, 0.29) is 35.5 Å². The number of rotatable bonds is 15. The number of hydrogen-bond acceptors (Lipinski definition) is 4. The van der Waals surface area contributed by atoms with Gasteiger partial charge in [0.1, 0.15) is 0 Å². The second-order valence-corrected chi connectivity index (χ2v) is 7.86. The molecule has 0 amide bonds. The van der Waals surface area contributed by atoms with Crippen LogP contribution in [-0.4, -0.2) is 18.5 Å². The Morgan fingerprint density at radius 2 is 1.39 bits per heavy atom. The van der Waals surface area contributed by atoms with E-state index in [1.54, 1.807) is 0 Å². The molecule has 1 aliphatic carbocycles. The quantitative estimate of drug-likeness (QED) is 0.182. The number of ether oxygens (including phenoxy) is 1. The molecule has 1 rings (SSSR count). The van der Waals surface area contributed by atoms with Crippen LogP contribution in [0.1, 0.15) is 103 Å². The van der Waals surface area contributed by atoms with E-state index in [1.165, 1.54) is 44.9 Å². The van der Waals surface area contributed by atoms with E-state index >= 15 is 0 Å². The van der Waals surface area contributed by atoms with E-state index in [4.69, 9.17) is 4.74 Å². The van der Waals surface area contributed by atoms with Crippen LogP contribution in [0.4, 0.5) is 0 Å². The van der Waals surface area contributed by atoms with Gasteiger partial charge in [-0.05, 0) is 44.9 Å². The van der Waals surface area contributed by atoms with Gasteiger partial charge in [-0.2, -0.15) is 0 Å². The van der Waals surface area contributed by atoms with Gasteiger partial charge >= 0.3 is 35.5 Å². The number of carboxylic acid groups (broad SMARTS) is 1. The topological polar surface area (TPSA) is 66.4 Å². The first-order valence-corrected chi connectivity index (χ1v) is 11.2.